The summed E-state index contributed by atoms with van der Waals surface area (Å²) < 4.78 is 18.9. The van der Waals surface area contributed by atoms with Crippen molar-refractivity contribution in [3.05, 3.63) is 36.3 Å². The minimum absolute atomic E-state index is 0.0928. The minimum atomic E-state index is -0.619. The second-order valence-electron chi connectivity index (χ2n) is 4.68. The SMILES string of the molecule is C[C@H](O)CN(C)C(=O)Nc1ncc(Oc2ccccc2F)s1. The molecule has 1 aromatic carbocycles. The summed E-state index contributed by atoms with van der Waals surface area (Å²) in [6.45, 7) is 1.79. The van der Waals surface area contributed by atoms with Crippen molar-refractivity contribution < 1.29 is 19.0 Å². The normalized spacial score (nSPS) is 11.8. The van der Waals surface area contributed by atoms with E-state index in [2.05, 4.69) is 10.3 Å². The Balaban J connectivity index is 1.97. The third-order valence-corrected chi connectivity index (χ3v) is 3.42. The third-order valence-electron chi connectivity index (χ3n) is 2.63. The molecule has 0 bridgehead atoms. The number of urea groups is 1. The Hall–Kier alpha value is -2.19. The lowest BCUT2D eigenvalue weighted by Gasteiger charge is -2.18. The number of nitrogens with zero attached hydrogens (tertiary/aromatic N) is 2. The highest BCUT2D eigenvalue weighted by Crippen LogP contribution is 2.31. The third kappa shape index (κ3) is 4.40. The molecule has 8 heteroatoms. The van der Waals surface area contributed by atoms with Crippen LogP contribution in [0.15, 0.2) is 30.5 Å². The summed E-state index contributed by atoms with van der Waals surface area (Å²) in [5.74, 6) is -0.381. The van der Waals surface area contributed by atoms with Gasteiger partial charge >= 0.3 is 6.03 Å². The number of thiazole rings is 1. The number of anilines is 1. The Kier molecular flexibility index (Phi) is 5.29. The van der Waals surface area contributed by atoms with Gasteiger partial charge in [-0.05, 0) is 19.1 Å². The highest BCUT2D eigenvalue weighted by atomic mass is 32.1. The molecule has 0 unspecified atom stereocenters. The lowest BCUT2D eigenvalue weighted by molar-refractivity contribution is 0.149. The number of benzene rings is 1. The molecule has 0 saturated heterocycles. The molecule has 6 nitrogen and oxygen atoms in total. The number of para-hydroxylation sites is 1. The summed E-state index contributed by atoms with van der Waals surface area (Å²) in [4.78, 5) is 17.2. The van der Waals surface area contributed by atoms with Crippen molar-refractivity contribution in [2.45, 2.75) is 13.0 Å². The van der Waals surface area contributed by atoms with Gasteiger partial charge in [-0.1, -0.05) is 23.5 Å². The van der Waals surface area contributed by atoms with Crippen LogP contribution in [0.25, 0.3) is 0 Å². The zero-order chi connectivity index (χ0) is 16.1. The molecular weight excluding hydrogens is 309 g/mol. The molecule has 0 radical (unpaired) electrons. The Bertz CT molecular complexity index is 648. The molecule has 2 N–H and O–H groups in total. The summed E-state index contributed by atoms with van der Waals surface area (Å²) in [5.41, 5.74) is 0. The molecule has 1 aromatic heterocycles. The number of aliphatic hydroxyl groups excluding tert-OH is 1. The molecule has 1 atom stereocenters. The highest BCUT2D eigenvalue weighted by molar-refractivity contribution is 7.17. The number of carbonyl (C=O) groups is 1. The number of ether oxygens (including phenoxy) is 1. The standard InChI is InChI=1S/C14H16FN3O3S/c1-9(19)8-18(2)14(20)17-13-16-7-12(22-13)21-11-6-4-3-5-10(11)15/h3-7,9,19H,8H2,1-2H3,(H,16,17,20)/t9-/m0/s1. The van der Waals surface area contributed by atoms with E-state index < -0.39 is 18.0 Å². The van der Waals surface area contributed by atoms with Crippen LogP contribution in [0.1, 0.15) is 6.92 Å². The number of aliphatic hydroxyl groups is 1. The van der Waals surface area contributed by atoms with Gasteiger partial charge in [-0.2, -0.15) is 0 Å². The fraction of sp³-hybridized carbons (Fsp3) is 0.286. The predicted octanol–water partition coefficient (Wildman–Crippen LogP) is 2.92. The summed E-state index contributed by atoms with van der Waals surface area (Å²) in [6.07, 6.45) is 0.786. The lowest BCUT2D eigenvalue weighted by atomic mass is 10.3. The van der Waals surface area contributed by atoms with Crippen LogP contribution in [-0.4, -0.2) is 40.7 Å². The molecule has 0 aliphatic carbocycles. The van der Waals surface area contributed by atoms with E-state index in [9.17, 15) is 14.3 Å². The van der Waals surface area contributed by atoms with Crippen molar-refractivity contribution >= 4 is 22.5 Å². The molecule has 0 saturated carbocycles. The summed E-state index contributed by atoms with van der Waals surface area (Å²) >= 11 is 1.08. The van der Waals surface area contributed by atoms with Crippen molar-refractivity contribution in [1.29, 1.82) is 0 Å². The van der Waals surface area contributed by atoms with Gasteiger partial charge in [0.15, 0.2) is 16.7 Å². The van der Waals surface area contributed by atoms with E-state index in [0.29, 0.717) is 10.2 Å². The number of amides is 2. The molecule has 0 aliphatic rings. The van der Waals surface area contributed by atoms with Crippen molar-refractivity contribution in [2.75, 3.05) is 18.9 Å². The van der Waals surface area contributed by atoms with Crippen LogP contribution in [0, 0.1) is 5.82 Å². The van der Waals surface area contributed by atoms with E-state index in [1.807, 2.05) is 0 Å². The predicted molar refractivity (Wildman–Crippen MR) is 81.9 cm³/mol. The molecule has 2 amide bonds. The maximum absolute atomic E-state index is 13.5. The smallest absolute Gasteiger partial charge is 0.323 e. The van der Waals surface area contributed by atoms with Gasteiger partial charge in [0.1, 0.15) is 0 Å². The van der Waals surface area contributed by atoms with E-state index in [0.717, 1.165) is 11.3 Å². The molecule has 22 heavy (non-hydrogen) atoms. The van der Waals surface area contributed by atoms with Crippen LogP contribution in [0.5, 0.6) is 10.8 Å². The first-order chi connectivity index (χ1) is 10.5. The first-order valence-corrected chi connectivity index (χ1v) is 7.35. The van der Waals surface area contributed by atoms with E-state index >= 15 is 0 Å². The Morgan fingerprint density at radius 2 is 2.27 bits per heavy atom. The van der Waals surface area contributed by atoms with Crippen LogP contribution in [-0.2, 0) is 0 Å². The number of likely N-dealkylation sites (N-methyl/N-ethyl adjacent to an activating group) is 1. The van der Waals surface area contributed by atoms with Gasteiger partial charge in [0.05, 0.1) is 12.3 Å². The van der Waals surface area contributed by atoms with Crippen LogP contribution < -0.4 is 10.1 Å². The van der Waals surface area contributed by atoms with Crippen LogP contribution in [0.4, 0.5) is 14.3 Å². The van der Waals surface area contributed by atoms with E-state index in [1.165, 1.54) is 23.2 Å². The number of carbonyl (C=O) groups excluding carboxylic acids is 1. The first-order valence-electron chi connectivity index (χ1n) is 6.54. The van der Waals surface area contributed by atoms with Gasteiger partial charge < -0.3 is 14.7 Å². The van der Waals surface area contributed by atoms with Crippen LogP contribution in [0.3, 0.4) is 0 Å². The molecule has 0 spiro atoms. The van der Waals surface area contributed by atoms with Gasteiger partial charge in [0.2, 0.25) is 5.06 Å². The van der Waals surface area contributed by atoms with Gasteiger partial charge in [-0.15, -0.1) is 0 Å². The Morgan fingerprint density at radius 3 is 2.95 bits per heavy atom. The molecule has 0 fully saturated rings. The number of hydrogen-bond donors (Lipinski definition) is 2. The Morgan fingerprint density at radius 1 is 1.55 bits per heavy atom. The Labute approximate surface area is 131 Å². The number of halogens is 1. The van der Waals surface area contributed by atoms with E-state index in [4.69, 9.17) is 4.74 Å². The molecule has 118 valence electrons. The zero-order valence-corrected chi connectivity index (χ0v) is 12.9. The van der Waals surface area contributed by atoms with E-state index in [1.54, 1.807) is 26.1 Å². The number of nitrogens with one attached hydrogen (secondary N) is 1. The van der Waals surface area contributed by atoms with Crippen LogP contribution in [0.2, 0.25) is 0 Å². The van der Waals surface area contributed by atoms with Crippen molar-refractivity contribution in [3.8, 4) is 10.8 Å². The zero-order valence-electron chi connectivity index (χ0n) is 12.1. The topological polar surface area (TPSA) is 74.7 Å². The number of hydrogen-bond acceptors (Lipinski definition) is 5. The molecule has 0 aliphatic heterocycles. The fourth-order valence-corrected chi connectivity index (χ4v) is 2.34. The summed E-state index contributed by atoms with van der Waals surface area (Å²) in [6, 6.07) is 5.63. The monoisotopic (exact) mass is 325 g/mol. The average Bonchev–Trinajstić information content (AvgIpc) is 2.88. The maximum Gasteiger partial charge on any atom is 0.323 e. The maximum atomic E-state index is 13.5. The molecule has 2 rings (SSSR count). The van der Waals surface area contributed by atoms with Gasteiger partial charge in [0, 0.05) is 13.6 Å². The van der Waals surface area contributed by atoms with Crippen LogP contribution >= 0.6 is 11.3 Å². The highest BCUT2D eigenvalue weighted by Gasteiger charge is 2.14. The quantitative estimate of drug-likeness (QED) is 0.886. The minimum Gasteiger partial charge on any atom is -0.442 e. The molecule has 2 aromatic rings. The fourth-order valence-electron chi connectivity index (χ4n) is 1.67. The second-order valence-corrected chi connectivity index (χ2v) is 5.67. The van der Waals surface area contributed by atoms with Crippen molar-refractivity contribution in [2.24, 2.45) is 0 Å². The largest absolute Gasteiger partial charge is 0.442 e. The molecular formula is C14H16FN3O3S. The van der Waals surface area contributed by atoms with Crippen molar-refractivity contribution in [1.82, 2.24) is 9.88 Å². The summed E-state index contributed by atoms with van der Waals surface area (Å²) in [7, 11) is 1.56. The van der Waals surface area contributed by atoms with Gasteiger partial charge in [0.25, 0.3) is 0 Å². The van der Waals surface area contributed by atoms with Crippen molar-refractivity contribution in [3.63, 3.8) is 0 Å². The van der Waals surface area contributed by atoms with Gasteiger partial charge in [-0.3, -0.25) is 5.32 Å². The lowest BCUT2D eigenvalue weighted by Crippen LogP contribution is -2.36. The second kappa shape index (κ2) is 7.19. The first kappa shape index (κ1) is 16.2. The van der Waals surface area contributed by atoms with Gasteiger partial charge in [-0.25, -0.2) is 14.2 Å². The summed E-state index contributed by atoms with van der Waals surface area (Å²) in [5, 5.41) is 12.5. The average molecular weight is 325 g/mol. The van der Waals surface area contributed by atoms with E-state index in [-0.39, 0.29) is 12.3 Å². The number of aromatic nitrogens is 1. The molecule has 1 heterocycles. The number of rotatable bonds is 5.